The van der Waals surface area contributed by atoms with Crippen LogP contribution >= 0.6 is 0 Å². The third-order valence-corrected chi connectivity index (χ3v) is 6.25. The molecule has 0 spiro atoms. The van der Waals surface area contributed by atoms with Gasteiger partial charge in [-0.15, -0.1) is 0 Å². The van der Waals surface area contributed by atoms with Crippen molar-refractivity contribution in [3.8, 4) is 22.5 Å². The summed E-state index contributed by atoms with van der Waals surface area (Å²) in [6.45, 7) is 5.92. The summed E-state index contributed by atoms with van der Waals surface area (Å²) in [6.07, 6.45) is -3.22. The second kappa shape index (κ2) is 11.5. The van der Waals surface area contributed by atoms with Gasteiger partial charge in [-0.25, -0.2) is 4.79 Å². The molecule has 198 valence electrons. The molecule has 0 amide bonds. The summed E-state index contributed by atoms with van der Waals surface area (Å²) >= 11 is 0. The topological polar surface area (TPSA) is 64.4 Å². The maximum absolute atomic E-state index is 13.0. The number of benzene rings is 3. The van der Waals surface area contributed by atoms with Gasteiger partial charge in [-0.2, -0.15) is 13.2 Å². The molecule has 0 aliphatic rings. The zero-order valence-electron chi connectivity index (χ0n) is 21.4. The Labute approximate surface area is 219 Å². The minimum atomic E-state index is -4.35. The van der Waals surface area contributed by atoms with E-state index in [0.29, 0.717) is 42.0 Å². The summed E-state index contributed by atoms with van der Waals surface area (Å²) < 4.78 is 49.7. The zero-order chi connectivity index (χ0) is 27.3. The molecule has 3 aromatic carbocycles. The monoisotopic (exact) mass is 522 g/mol. The Morgan fingerprint density at radius 3 is 2.26 bits per heavy atom. The molecule has 0 bridgehead atoms. The lowest BCUT2D eigenvalue weighted by Crippen LogP contribution is -2.17. The normalized spacial score (nSPS) is 12.3. The van der Waals surface area contributed by atoms with Gasteiger partial charge in [-0.3, -0.25) is 0 Å². The minimum Gasteiger partial charge on any atom is -0.462 e. The number of alkyl halides is 3. The van der Waals surface area contributed by atoms with Gasteiger partial charge in [0.15, 0.2) is 5.76 Å². The van der Waals surface area contributed by atoms with Gasteiger partial charge in [0, 0.05) is 11.6 Å². The van der Waals surface area contributed by atoms with E-state index in [0.717, 1.165) is 28.4 Å². The summed E-state index contributed by atoms with van der Waals surface area (Å²) in [7, 11) is 0. The van der Waals surface area contributed by atoms with Crippen molar-refractivity contribution in [3.05, 3.63) is 95.2 Å². The van der Waals surface area contributed by atoms with Gasteiger partial charge >= 0.3 is 12.1 Å². The fraction of sp³-hybridized carbons (Fsp3) is 0.267. The maximum atomic E-state index is 13.0. The first-order valence-electron chi connectivity index (χ1n) is 12.4. The van der Waals surface area contributed by atoms with Crippen molar-refractivity contribution in [2.45, 2.75) is 45.8 Å². The number of carbonyl (C=O) groups excluding carboxylic acids is 1. The van der Waals surface area contributed by atoms with Crippen LogP contribution < -0.4 is 5.32 Å². The lowest BCUT2D eigenvalue weighted by atomic mass is 10.0. The molecule has 0 saturated heterocycles. The summed E-state index contributed by atoms with van der Waals surface area (Å²) in [5.74, 6) is 0.247. The van der Waals surface area contributed by atoms with Crippen LogP contribution in [0.25, 0.3) is 22.5 Å². The molecule has 4 aromatic rings. The average molecular weight is 523 g/mol. The fourth-order valence-electron chi connectivity index (χ4n) is 4.17. The van der Waals surface area contributed by atoms with E-state index in [-0.39, 0.29) is 12.0 Å². The molecule has 0 fully saturated rings. The number of nitrogens with one attached hydrogen (secondary N) is 1. The molecule has 0 saturated carbocycles. The highest BCUT2D eigenvalue weighted by Crippen LogP contribution is 2.34. The van der Waals surface area contributed by atoms with Gasteiger partial charge in [-0.1, -0.05) is 59.8 Å². The molecular weight excluding hydrogens is 493 g/mol. The van der Waals surface area contributed by atoms with Crippen molar-refractivity contribution >= 4 is 11.7 Å². The number of esters is 1. The fourth-order valence-corrected chi connectivity index (χ4v) is 4.17. The third kappa shape index (κ3) is 6.43. The largest absolute Gasteiger partial charge is 0.462 e. The van der Waals surface area contributed by atoms with Gasteiger partial charge in [0.2, 0.25) is 0 Å². The van der Waals surface area contributed by atoms with Crippen LogP contribution in [-0.2, 0) is 17.3 Å². The number of halogens is 3. The first kappa shape index (κ1) is 27.0. The van der Waals surface area contributed by atoms with Crippen LogP contribution in [-0.4, -0.2) is 23.8 Å². The number of hydrogen-bond acceptors (Lipinski definition) is 5. The molecule has 1 N–H and O–H groups in total. The first-order chi connectivity index (χ1) is 18.2. The van der Waals surface area contributed by atoms with E-state index < -0.39 is 11.7 Å². The Hall–Kier alpha value is -4.07. The second-order valence-corrected chi connectivity index (χ2v) is 9.13. The molecule has 0 radical (unpaired) electrons. The number of ether oxygens (including phenoxy) is 1. The molecule has 5 nitrogen and oxygen atoms in total. The van der Waals surface area contributed by atoms with Crippen molar-refractivity contribution in [2.75, 3.05) is 11.9 Å². The first-order valence-corrected chi connectivity index (χ1v) is 12.4. The lowest BCUT2D eigenvalue weighted by molar-refractivity contribution is -0.137. The highest BCUT2D eigenvalue weighted by atomic mass is 19.4. The van der Waals surface area contributed by atoms with E-state index in [9.17, 15) is 18.0 Å². The lowest BCUT2D eigenvalue weighted by Gasteiger charge is -2.16. The summed E-state index contributed by atoms with van der Waals surface area (Å²) in [4.78, 5) is 11.9. The van der Waals surface area contributed by atoms with E-state index in [1.54, 1.807) is 25.1 Å². The number of nitrogens with zero attached hydrogens (tertiary/aromatic N) is 1. The summed E-state index contributed by atoms with van der Waals surface area (Å²) in [5, 5.41) is 7.54. The predicted molar refractivity (Wildman–Crippen MR) is 141 cm³/mol. The average Bonchev–Trinajstić information content (AvgIpc) is 3.27. The van der Waals surface area contributed by atoms with Gasteiger partial charge in [-0.05, 0) is 68.5 Å². The number of anilines is 1. The number of rotatable bonds is 9. The number of carbonyl (C=O) groups is 1. The maximum Gasteiger partial charge on any atom is 0.416 e. The highest BCUT2D eigenvalue weighted by molar-refractivity contribution is 5.90. The Kier molecular flexibility index (Phi) is 8.20. The highest BCUT2D eigenvalue weighted by Gasteiger charge is 2.30. The van der Waals surface area contributed by atoms with Crippen LogP contribution in [0.15, 0.2) is 77.3 Å². The zero-order valence-corrected chi connectivity index (χ0v) is 21.4. The van der Waals surface area contributed by atoms with Crippen molar-refractivity contribution in [3.63, 3.8) is 0 Å². The summed E-state index contributed by atoms with van der Waals surface area (Å²) in [6, 6.07) is 20.4. The van der Waals surface area contributed by atoms with Gasteiger partial charge in [0.1, 0.15) is 11.4 Å². The number of hydrogen-bond donors (Lipinski definition) is 1. The molecule has 4 rings (SSSR count). The minimum absolute atomic E-state index is 0.0291. The molecule has 1 aromatic heterocycles. The van der Waals surface area contributed by atoms with Gasteiger partial charge < -0.3 is 14.6 Å². The van der Waals surface area contributed by atoms with Crippen LogP contribution in [0.2, 0.25) is 0 Å². The molecular formula is C30H29F3N2O3. The van der Waals surface area contributed by atoms with Crippen molar-refractivity contribution in [1.82, 2.24) is 5.16 Å². The predicted octanol–water partition coefficient (Wildman–Crippen LogP) is 7.95. The van der Waals surface area contributed by atoms with E-state index >= 15 is 0 Å². The molecule has 1 atom stereocenters. The van der Waals surface area contributed by atoms with Crippen molar-refractivity contribution in [1.29, 1.82) is 0 Å². The SMILES string of the molecule is CCOC(=O)c1ccc(-c2ccc(-c3onc(C)c3NC(C)CCc3cccc(C(F)(F)F)c3)cc2)cc1. The van der Waals surface area contributed by atoms with E-state index in [4.69, 9.17) is 9.26 Å². The molecule has 8 heteroatoms. The Morgan fingerprint density at radius 2 is 1.63 bits per heavy atom. The second-order valence-electron chi connectivity index (χ2n) is 9.13. The van der Waals surface area contributed by atoms with Crippen LogP contribution in [0.1, 0.15) is 47.4 Å². The molecule has 0 aliphatic carbocycles. The van der Waals surface area contributed by atoms with E-state index in [1.165, 1.54) is 12.1 Å². The van der Waals surface area contributed by atoms with Crippen LogP contribution in [0.4, 0.5) is 18.9 Å². The quantitative estimate of drug-likeness (QED) is 0.226. The molecule has 1 unspecified atom stereocenters. The summed E-state index contributed by atoms with van der Waals surface area (Å²) in [5.41, 5.74) is 4.74. The van der Waals surface area contributed by atoms with Crippen LogP contribution in [0, 0.1) is 6.92 Å². The van der Waals surface area contributed by atoms with Crippen LogP contribution in [0.5, 0.6) is 0 Å². The van der Waals surface area contributed by atoms with E-state index in [2.05, 4.69) is 10.5 Å². The standard InChI is InChI=1S/C30H29F3N2O3/c1-4-37-29(36)25-16-12-23(13-17-25)22-10-14-24(15-11-22)28-27(20(3)35-38-28)34-19(2)8-9-21-6-5-7-26(18-21)30(31,32)33/h5-7,10-19,34H,4,8-9H2,1-3H3. The number of aromatic nitrogens is 1. The van der Waals surface area contributed by atoms with Gasteiger partial charge in [0.25, 0.3) is 0 Å². The molecule has 38 heavy (non-hydrogen) atoms. The van der Waals surface area contributed by atoms with Crippen LogP contribution in [0.3, 0.4) is 0 Å². The molecule has 1 heterocycles. The van der Waals surface area contributed by atoms with Gasteiger partial charge in [0.05, 0.1) is 17.7 Å². The smallest absolute Gasteiger partial charge is 0.416 e. The Morgan fingerprint density at radius 1 is 1.00 bits per heavy atom. The number of aryl methyl sites for hydroxylation is 2. The van der Waals surface area contributed by atoms with Crippen molar-refractivity contribution < 1.29 is 27.2 Å². The van der Waals surface area contributed by atoms with E-state index in [1.807, 2.05) is 50.2 Å². The van der Waals surface area contributed by atoms with Crippen molar-refractivity contribution in [2.24, 2.45) is 0 Å². The third-order valence-electron chi connectivity index (χ3n) is 6.25. The molecule has 0 aliphatic heterocycles. The Bertz CT molecular complexity index is 1380. The Balaban J connectivity index is 1.43.